The van der Waals surface area contributed by atoms with Crippen LogP contribution in [0.1, 0.15) is 265 Å². The first-order valence-electron chi connectivity index (χ1n) is 32.9. The van der Waals surface area contributed by atoms with E-state index in [0.29, 0.717) is 19.3 Å². The van der Waals surface area contributed by atoms with Crippen LogP contribution in [0.15, 0.2) is 109 Å². The topological polar surface area (TPSA) is 175 Å². The number of carbonyl (C=O) groups excluding carboxylic acids is 3. The average Bonchev–Trinajstić information content (AvgIpc) is 3.59. The number of carboxylic acid groups (broad SMARTS) is 1. The van der Waals surface area contributed by atoms with Crippen LogP contribution in [0, 0.1) is 0 Å². The Morgan fingerprint density at radius 3 is 1.24 bits per heavy atom. The number of carbonyl (C=O) groups is 4. The summed E-state index contributed by atoms with van der Waals surface area (Å²) in [7, 11) is 0. The molecule has 1 saturated heterocycles. The summed E-state index contributed by atoms with van der Waals surface area (Å²) in [5.41, 5.74) is 0. The van der Waals surface area contributed by atoms with Crippen molar-refractivity contribution in [1.29, 1.82) is 0 Å². The Balaban J connectivity index is 2.72. The third-order valence-corrected chi connectivity index (χ3v) is 14.3. The van der Waals surface area contributed by atoms with E-state index >= 15 is 0 Å². The molecule has 6 unspecified atom stereocenters. The highest BCUT2D eigenvalue weighted by molar-refractivity contribution is 5.74. The van der Waals surface area contributed by atoms with Crippen LogP contribution in [0.4, 0.5) is 0 Å². The molecular weight excluding hydrogens is 1040 g/mol. The molecule has 12 heteroatoms. The van der Waals surface area contributed by atoms with Gasteiger partial charge in [0.05, 0.1) is 6.61 Å². The van der Waals surface area contributed by atoms with E-state index in [2.05, 4.69) is 118 Å². The molecular formula is C71H116O12. The van der Waals surface area contributed by atoms with Gasteiger partial charge in [0.1, 0.15) is 18.8 Å². The van der Waals surface area contributed by atoms with Crippen molar-refractivity contribution in [3.63, 3.8) is 0 Å². The molecule has 0 saturated carbocycles. The van der Waals surface area contributed by atoms with Gasteiger partial charge in [0.25, 0.3) is 0 Å². The molecule has 0 aromatic heterocycles. The van der Waals surface area contributed by atoms with E-state index in [9.17, 15) is 34.5 Å². The molecule has 0 aromatic carbocycles. The third-order valence-electron chi connectivity index (χ3n) is 14.3. The molecule has 83 heavy (non-hydrogen) atoms. The molecule has 0 aliphatic carbocycles. The van der Waals surface area contributed by atoms with Crippen molar-refractivity contribution in [3.8, 4) is 0 Å². The van der Waals surface area contributed by atoms with Crippen LogP contribution in [0.2, 0.25) is 0 Å². The molecule has 3 N–H and O–H groups in total. The van der Waals surface area contributed by atoms with Gasteiger partial charge in [-0.1, -0.05) is 239 Å². The zero-order chi connectivity index (χ0) is 60.3. The first-order chi connectivity index (χ1) is 40.6. The Labute approximate surface area is 504 Å². The molecule has 1 fully saturated rings. The smallest absolute Gasteiger partial charge is 0.335 e. The molecule has 6 atom stereocenters. The van der Waals surface area contributed by atoms with Crippen LogP contribution in [0.3, 0.4) is 0 Å². The number of carboxylic acids is 1. The van der Waals surface area contributed by atoms with E-state index in [4.69, 9.17) is 23.7 Å². The molecule has 1 aliphatic heterocycles. The highest BCUT2D eigenvalue weighted by Gasteiger charge is 2.50. The minimum absolute atomic E-state index is 0.0397. The number of hydrogen-bond acceptors (Lipinski definition) is 11. The fourth-order valence-electron chi connectivity index (χ4n) is 9.30. The normalized spacial score (nSPS) is 18.3. The van der Waals surface area contributed by atoms with Crippen LogP contribution in [0.5, 0.6) is 0 Å². The lowest BCUT2D eigenvalue weighted by molar-refractivity contribution is -0.301. The van der Waals surface area contributed by atoms with Crippen LogP contribution in [-0.2, 0) is 42.9 Å². The summed E-state index contributed by atoms with van der Waals surface area (Å²) in [5.74, 6) is -3.25. The van der Waals surface area contributed by atoms with Gasteiger partial charge in [-0.05, 0) is 116 Å². The van der Waals surface area contributed by atoms with Crippen molar-refractivity contribution in [2.75, 3.05) is 13.2 Å². The first-order valence-corrected chi connectivity index (χ1v) is 32.9. The second kappa shape index (κ2) is 57.8. The molecule has 1 rings (SSSR count). The lowest BCUT2D eigenvalue weighted by Gasteiger charge is -2.40. The minimum atomic E-state index is -1.92. The second-order valence-corrected chi connectivity index (χ2v) is 22.0. The maximum Gasteiger partial charge on any atom is 0.335 e. The van der Waals surface area contributed by atoms with Gasteiger partial charge >= 0.3 is 23.9 Å². The minimum Gasteiger partial charge on any atom is -0.479 e. The predicted octanol–water partition coefficient (Wildman–Crippen LogP) is 17.8. The van der Waals surface area contributed by atoms with E-state index in [-0.39, 0.29) is 25.9 Å². The third kappa shape index (κ3) is 47.3. The zero-order valence-electron chi connectivity index (χ0n) is 52.2. The Bertz CT molecular complexity index is 1860. The zero-order valence-corrected chi connectivity index (χ0v) is 52.2. The standard InChI is InChI=1S/C71H116O12/c1-4-7-10-13-16-19-22-25-28-31-32-35-36-39-42-45-48-51-54-57-63(72)79-60-62(81-64(73)58-55-52-49-46-43-40-37-33-29-26-23-20-17-14-11-8-5-2)61-80-71-69(67(76)66(75)68(83-71)70(77)78)82-65(74)59-56-53-50-47-44-41-38-34-30-27-24-21-18-15-12-9-6-3/h7,10,16,18-19,21,25-30,32,35,39,42,48,51,62,66-69,71,75-76H,4-6,8-9,11-15,17,20,22-24,31,33-34,36-38,40-41,43-47,49-50,52-61H2,1-3H3,(H,77,78)/b10-7-,19-16-,21-18-,28-25-,29-26-,30-27-,35-32-,42-39-,51-48-. The number of allylic oxidation sites excluding steroid dienone is 18. The summed E-state index contributed by atoms with van der Waals surface area (Å²) in [6.45, 7) is 5.80. The summed E-state index contributed by atoms with van der Waals surface area (Å²) >= 11 is 0. The number of ether oxygens (including phenoxy) is 5. The van der Waals surface area contributed by atoms with Gasteiger partial charge < -0.3 is 39.0 Å². The average molecular weight is 1160 g/mol. The summed E-state index contributed by atoms with van der Waals surface area (Å²) in [6, 6.07) is 0. The molecule has 0 amide bonds. The Hall–Kier alpha value is -4.62. The monoisotopic (exact) mass is 1160 g/mol. The lowest BCUT2D eigenvalue weighted by atomic mass is 9.98. The maximum absolute atomic E-state index is 13.2. The molecule has 0 bridgehead atoms. The largest absolute Gasteiger partial charge is 0.479 e. The van der Waals surface area contributed by atoms with Crippen LogP contribution in [-0.4, -0.2) is 89.2 Å². The fourth-order valence-corrected chi connectivity index (χ4v) is 9.30. The molecule has 1 aliphatic rings. The summed E-state index contributed by atoms with van der Waals surface area (Å²) in [4.78, 5) is 51.3. The van der Waals surface area contributed by atoms with E-state index in [1.807, 2.05) is 12.2 Å². The number of hydrogen-bond donors (Lipinski definition) is 3. The molecule has 0 spiro atoms. The summed E-state index contributed by atoms with van der Waals surface area (Å²) in [5, 5.41) is 31.6. The molecule has 0 aromatic rings. The van der Waals surface area contributed by atoms with Crippen molar-refractivity contribution >= 4 is 23.9 Å². The highest BCUT2D eigenvalue weighted by atomic mass is 16.7. The molecule has 472 valence electrons. The van der Waals surface area contributed by atoms with E-state index < -0.39 is 67.3 Å². The van der Waals surface area contributed by atoms with Gasteiger partial charge in [0, 0.05) is 19.3 Å². The summed E-state index contributed by atoms with van der Waals surface area (Å²) in [6.07, 6.45) is 66.2. The van der Waals surface area contributed by atoms with Crippen molar-refractivity contribution in [2.24, 2.45) is 0 Å². The van der Waals surface area contributed by atoms with Gasteiger partial charge in [-0.15, -0.1) is 0 Å². The van der Waals surface area contributed by atoms with Gasteiger partial charge in [-0.2, -0.15) is 0 Å². The Kier molecular flexibility index (Phi) is 53.2. The highest BCUT2D eigenvalue weighted by Crippen LogP contribution is 2.26. The Morgan fingerprint density at radius 1 is 0.410 bits per heavy atom. The van der Waals surface area contributed by atoms with E-state index in [1.165, 1.54) is 77.0 Å². The molecule has 12 nitrogen and oxygen atoms in total. The first kappa shape index (κ1) is 76.4. The van der Waals surface area contributed by atoms with Gasteiger partial charge in [0.15, 0.2) is 24.6 Å². The number of rotatable bonds is 55. The van der Waals surface area contributed by atoms with Crippen LogP contribution in [0.25, 0.3) is 0 Å². The van der Waals surface area contributed by atoms with E-state index in [0.717, 1.165) is 128 Å². The fraction of sp³-hybridized carbons (Fsp3) is 0.690. The Morgan fingerprint density at radius 2 is 0.783 bits per heavy atom. The number of aliphatic hydroxyl groups is 2. The maximum atomic E-state index is 13.2. The number of unbranched alkanes of at least 4 members (excludes halogenated alkanes) is 23. The van der Waals surface area contributed by atoms with Crippen molar-refractivity contribution < 1.29 is 58.2 Å². The second-order valence-electron chi connectivity index (χ2n) is 22.0. The van der Waals surface area contributed by atoms with Gasteiger partial charge in [0.2, 0.25) is 0 Å². The lowest BCUT2D eigenvalue weighted by Crippen LogP contribution is -2.61. The van der Waals surface area contributed by atoms with E-state index in [1.54, 1.807) is 0 Å². The van der Waals surface area contributed by atoms with Crippen molar-refractivity contribution in [2.45, 2.75) is 302 Å². The van der Waals surface area contributed by atoms with Crippen molar-refractivity contribution in [1.82, 2.24) is 0 Å². The number of aliphatic hydroxyl groups excluding tert-OH is 2. The summed E-state index contributed by atoms with van der Waals surface area (Å²) < 4.78 is 28.5. The SMILES string of the molecule is CC/C=C\C/C=C\C/C=C\C/C=C\C/C=C\C/C=C\CCC(=O)OCC(COC1OC(C(=O)O)C(O)C(O)C1OC(=O)CCCCCCCCC/C=C\C/C=C\CCCCC)OC(=O)CCCCCCCCC/C=C\CCCCCCCC. The molecule has 1 heterocycles. The quantitative estimate of drug-likeness (QED) is 0.0228. The van der Waals surface area contributed by atoms with Crippen LogP contribution < -0.4 is 0 Å². The number of esters is 3. The van der Waals surface area contributed by atoms with Crippen molar-refractivity contribution in [3.05, 3.63) is 109 Å². The predicted molar refractivity (Wildman–Crippen MR) is 340 cm³/mol. The van der Waals surface area contributed by atoms with Gasteiger partial charge in [-0.3, -0.25) is 14.4 Å². The van der Waals surface area contributed by atoms with Gasteiger partial charge in [-0.25, -0.2) is 4.79 Å². The van der Waals surface area contributed by atoms with Crippen LogP contribution >= 0.6 is 0 Å². The molecule has 0 radical (unpaired) electrons. The number of aliphatic carboxylic acids is 1.